The van der Waals surface area contributed by atoms with Crippen molar-refractivity contribution in [1.82, 2.24) is 10.2 Å². The topological polar surface area (TPSA) is 41.6 Å². The Morgan fingerprint density at radius 2 is 2.33 bits per heavy atom. The van der Waals surface area contributed by atoms with Crippen LogP contribution in [-0.2, 0) is 9.53 Å². The van der Waals surface area contributed by atoms with Crippen LogP contribution in [0.15, 0.2) is 0 Å². The number of nitrogens with one attached hydrogen (secondary N) is 1. The van der Waals surface area contributed by atoms with Crippen molar-refractivity contribution in [2.24, 2.45) is 0 Å². The molecule has 1 atom stereocenters. The summed E-state index contributed by atoms with van der Waals surface area (Å²) in [6, 6.07) is 0.386. The summed E-state index contributed by atoms with van der Waals surface area (Å²) < 4.78 is 5.25. The minimum absolute atomic E-state index is 0.0200. The lowest BCUT2D eigenvalue weighted by molar-refractivity contribution is -0.130. The zero-order valence-corrected chi connectivity index (χ0v) is 9.95. The number of carbonyl (C=O) groups excluding carboxylic acids is 1. The highest BCUT2D eigenvalue weighted by molar-refractivity contribution is 5.84. The van der Waals surface area contributed by atoms with Gasteiger partial charge in [0.2, 0.25) is 5.91 Å². The highest BCUT2D eigenvalue weighted by Gasteiger charge is 2.31. The fraction of sp³-hybridized carbons (Fsp3) is 0.909. The Morgan fingerprint density at radius 1 is 1.60 bits per heavy atom. The Bertz CT molecular complexity index is 207. The molecule has 0 aromatic rings. The smallest absolute Gasteiger partial charge is 0.239 e. The van der Waals surface area contributed by atoms with E-state index >= 15 is 0 Å². The Morgan fingerprint density at radius 3 is 2.93 bits per heavy atom. The first-order chi connectivity index (χ1) is 7.15. The summed E-state index contributed by atoms with van der Waals surface area (Å²) in [4.78, 5) is 13.7. The standard InChI is InChI=1S/C11H22N2O2/c1-4-15-8-7-13-6-5-10(11(13)14)12-9(2)3/h9-10,12H,4-8H2,1-3H3. The van der Waals surface area contributed by atoms with Gasteiger partial charge in [0.05, 0.1) is 12.6 Å². The maximum absolute atomic E-state index is 11.8. The van der Waals surface area contributed by atoms with E-state index in [1.165, 1.54) is 0 Å². The second kappa shape index (κ2) is 6.08. The molecule has 4 heteroatoms. The molecule has 1 aliphatic heterocycles. The van der Waals surface area contributed by atoms with Crippen molar-refractivity contribution in [3.63, 3.8) is 0 Å². The predicted molar refractivity (Wildman–Crippen MR) is 59.7 cm³/mol. The summed E-state index contributed by atoms with van der Waals surface area (Å²) in [5.74, 6) is 0.225. The SMILES string of the molecule is CCOCCN1CCC(NC(C)C)C1=O. The van der Waals surface area contributed by atoms with Gasteiger partial charge >= 0.3 is 0 Å². The van der Waals surface area contributed by atoms with Gasteiger partial charge in [-0.15, -0.1) is 0 Å². The minimum atomic E-state index is 0.0200. The number of hydrogen-bond donors (Lipinski definition) is 1. The number of likely N-dealkylation sites (tertiary alicyclic amines) is 1. The molecule has 4 nitrogen and oxygen atoms in total. The van der Waals surface area contributed by atoms with E-state index in [0.29, 0.717) is 12.6 Å². The highest BCUT2D eigenvalue weighted by atomic mass is 16.5. The molecule has 1 amide bonds. The van der Waals surface area contributed by atoms with E-state index in [-0.39, 0.29) is 11.9 Å². The minimum Gasteiger partial charge on any atom is -0.380 e. The van der Waals surface area contributed by atoms with E-state index in [1.807, 2.05) is 11.8 Å². The molecule has 0 spiro atoms. The molecule has 0 radical (unpaired) electrons. The van der Waals surface area contributed by atoms with Crippen LogP contribution in [0.5, 0.6) is 0 Å². The Labute approximate surface area is 92.0 Å². The van der Waals surface area contributed by atoms with Crippen LogP contribution in [0.4, 0.5) is 0 Å². The van der Waals surface area contributed by atoms with Crippen molar-refractivity contribution in [3.05, 3.63) is 0 Å². The monoisotopic (exact) mass is 214 g/mol. The van der Waals surface area contributed by atoms with Crippen molar-refractivity contribution < 1.29 is 9.53 Å². The number of rotatable bonds is 6. The van der Waals surface area contributed by atoms with Crippen LogP contribution >= 0.6 is 0 Å². The fourth-order valence-electron chi connectivity index (χ4n) is 1.84. The predicted octanol–water partition coefficient (Wildman–Crippen LogP) is 0.622. The Balaban J connectivity index is 2.29. The van der Waals surface area contributed by atoms with Gasteiger partial charge in [0.15, 0.2) is 0 Å². The van der Waals surface area contributed by atoms with Gasteiger partial charge in [0, 0.05) is 25.7 Å². The third-order valence-corrected chi connectivity index (χ3v) is 2.54. The molecule has 88 valence electrons. The fourth-order valence-corrected chi connectivity index (χ4v) is 1.84. The average molecular weight is 214 g/mol. The second-order valence-corrected chi connectivity index (χ2v) is 4.18. The van der Waals surface area contributed by atoms with Crippen LogP contribution in [0.1, 0.15) is 27.2 Å². The van der Waals surface area contributed by atoms with Gasteiger partial charge in [-0.05, 0) is 13.3 Å². The third kappa shape index (κ3) is 3.80. The second-order valence-electron chi connectivity index (χ2n) is 4.18. The number of ether oxygens (including phenoxy) is 1. The van der Waals surface area contributed by atoms with Gasteiger partial charge in [0.1, 0.15) is 0 Å². The van der Waals surface area contributed by atoms with Crippen molar-refractivity contribution >= 4 is 5.91 Å². The zero-order valence-electron chi connectivity index (χ0n) is 9.95. The highest BCUT2D eigenvalue weighted by Crippen LogP contribution is 2.11. The van der Waals surface area contributed by atoms with Crippen LogP contribution in [0, 0.1) is 0 Å². The van der Waals surface area contributed by atoms with Gasteiger partial charge < -0.3 is 15.0 Å². The molecule has 1 fully saturated rings. The first-order valence-electron chi connectivity index (χ1n) is 5.77. The molecule has 0 aliphatic carbocycles. The molecular weight excluding hydrogens is 192 g/mol. The van der Waals surface area contributed by atoms with Gasteiger partial charge in [-0.1, -0.05) is 13.8 Å². The number of hydrogen-bond acceptors (Lipinski definition) is 3. The molecule has 0 aromatic carbocycles. The lowest BCUT2D eigenvalue weighted by Crippen LogP contribution is -2.42. The lowest BCUT2D eigenvalue weighted by Gasteiger charge is -2.18. The lowest BCUT2D eigenvalue weighted by atomic mass is 10.2. The van der Waals surface area contributed by atoms with Crippen molar-refractivity contribution in [2.45, 2.75) is 39.3 Å². The summed E-state index contributed by atoms with van der Waals surface area (Å²) in [5, 5.41) is 3.28. The molecule has 15 heavy (non-hydrogen) atoms. The largest absolute Gasteiger partial charge is 0.380 e. The third-order valence-electron chi connectivity index (χ3n) is 2.54. The van der Waals surface area contributed by atoms with Crippen molar-refractivity contribution in [3.8, 4) is 0 Å². The van der Waals surface area contributed by atoms with Crippen molar-refractivity contribution in [1.29, 1.82) is 0 Å². The molecule has 0 bridgehead atoms. The molecular formula is C11H22N2O2. The van der Waals surface area contributed by atoms with E-state index in [2.05, 4.69) is 19.2 Å². The molecule has 1 saturated heterocycles. The summed E-state index contributed by atoms with van der Waals surface area (Å²) in [6.45, 7) is 9.05. The molecule has 0 aromatic heterocycles. The Hall–Kier alpha value is -0.610. The summed E-state index contributed by atoms with van der Waals surface area (Å²) in [5.41, 5.74) is 0. The molecule has 1 heterocycles. The Kier molecular flexibility index (Phi) is 5.05. The molecule has 1 N–H and O–H groups in total. The first-order valence-corrected chi connectivity index (χ1v) is 5.77. The summed E-state index contributed by atoms with van der Waals surface area (Å²) >= 11 is 0. The summed E-state index contributed by atoms with van der Waals surface area (Å²) in [6.07, 6.45) is 0.920. The van der Waals surface area contributed by atoms with E-state index in [1.54, 1.807) is 0 Å². The van der Waals surface area contributed by atoms with E-state index in [9.17, 15) is 4.79 Å². The maximum Gasteiger partial charge on any atom is 0.239 e. The van der Waals surface area contributed by atoms with Crippen LogP contribution in [0.3, 0.4) is 0 Å². The zero-order chi connectivity index (χ0) is 11.3. The van der Waals surface area contributed by atoms with E-state index < -0.39 is 0 Å². The van der Waals surface area contributed by atoms with Gasteiger partial charge in [-0.25, -0.2) is 0 Å². The van der Waals surface area contributed by atoms with Crippen LogP contribution in [0.25, 0.3) is 0 Å². The van der Waals surface area contributed by atoms with Crippen LogP contribution in [-0.4, -0.2) is 49.2 Å². The molecule has 1 unspecified atom stereocenters. The number of nitrogens with zero attached hydrogens (tertiary/aromatic N) is 1. The van der Waals surface area contributed by atoms with Gasteiger partial charge in [-0.3, -0.25) is 4.79 Å². The average Bonchev–Trinajstić information content (AvgIpc) is 2.49. The van der Waals surface area contributed by atoms with E-state index in [4.69, 9.17) is 4.74 Å². The summed E-state index contributed by atoms with van der Waals surface area (Å²) in [7, 11) is 0. The van der Waals surface area contributed by atoms with Crippen LogP contribution in [0.2, 0.25) is 0 Å². The first kappa shape index (κ1) is 12.5. The van der Waals surface area contributed by atoms with E-state index in [0.717, 1.165) is 26.1 Å². The van der Waals surface area contributed by atoms with Crippen LogP contribution < -0.4 is 5.32 Å². The maximum atomic E-state index is 11.8. The van der Waals surface area contributed by atoms with Gasteiger partial charge in [0.25, 0.3) is 0 Å². The normalized spacial score (nSPS) is 21.7. The number of amides is 1. The number of carbonyl (C=O) groups is 1. The molecule has 1 rings (SSSR count). The van der Waals surface area contributed by atoms with Crippen molar-refractivity contribution in [2.75, 3.05) is 26.3 Å². The molecule has 1 aliphatic rings. The quantitative estimate of drug-likeness (QED) is 0.659. The molecule has 0 saturated carbocycles. The van der Waals surface area contributed by atoms with Gasteiger partial charge in [-0.2, -0.15) is 0 Å².